The van der Waals surface area contributed by atoms with Gasteiger partial charge in [-0.2, -0.15) is 0 Å². The second-order valence-corrected chi connectivity index (χ2v) is 7.73. The van der Waals surface area contributed by atoms with Crippen LogP contribution in [0.1, 0.15) is 33.8 Å². The van der Waals surface area contributed by atoms with Crippen LogP contribution in [0.25, 0.3) is 0 Å². The van der Waals surface area contributed by atoms with E-state index in [4.69, 9.17) is 11.6 Å². The summed E-state index contributed by atoms with van der Waals surface area (Å²) in [5, 5.41) is 10.00. The Balaban J connectivity index is 1.61. The molecule has 0 unspecified atom stereocenters. The van der Waals surface area contributed by atoms with E-state index in [2.05, 4.69) is 0 Å². The maximum absolute atomic E-state index is 13.6. The molecule has 1 saturated carbocycles. The molecule has 2 atom stereocenters. The van der Waals surface area contributed by atoms with Gasteiger partial charge in [-0.15, -0.1) is 0 Å². The smallest absolute Gasteiger partial charge is 0.335 e. The summed E-state index contributed by atoms with van der Waals surface area (Å²) in [4.78, 5) is 26.7. The number of nitrogens with zero attached hydrogens (tertiary/aromatic N) is 1. The lowest BCUT2D eigenvalue weighted by Crippen LogP contribution is -2.29. The molecule has 3 aromatic carbocycles. The molecule has 1 N–H and O–H groups in total. The Morgan fingerprint density at radius 1 is 1.04 bits per heavy atom. The third-order valence-corrected chi connectivity index (χ3v) is 6.05. The number of carbonyl (C=O) groups is 2. The first-order valence-electron chi connectivity index (χ1n) is 9.05. The zero-order valence-corrected chi connectivity index (χ0v) is 15.6. The fourth-order valence-corrected chi connectivity index (χ4v) is 4.52. The Morgan fingerprint density at radius 3 is 2.54 bits per heavy atom. The molecule has 5 rings (SSSR count). The highest BCUT2D eigenvalue weighted by atomic mass is 35.5. The highest BCUT2D eigenvalue weighted by molar-refractivity contribution is 6.30. The molecule has 0 saturated heterocycles. The van der Waals surface area contributed by atoms with Crippen molar-refractivity contribution in [2.75, 3.05) is 4.90 Å². The molecule has 0 aromatic heterocycles. The molecular formula is C23H16ClNO3. The predicted octanol–water partition coefficient (Wildman–Crippen LogP) is 5.14. The van der Waals surface area contributed by atoms with Crippen LogP contribution in [0.5, 0.6) is 0 Å². The number of aromatic carboxylic acids is 1. The van der Waals surface area contributed by atoms with Gasteiger partial charge in [0.1, 0.15) is 0 Å². The first-order valence-corrected chi connectivity index (χ1v) is 9.43. The average Bonchev–Trinajstić information content (AvgIpc) is 3.40. The lowest BCUT2D eigenvalue weighted by Gasteiger charge is -2.19. The molecule has 1 spiro atoms. The van der Waals surface area contributed by atoms with Crippen LogP contribution in [0.2, 0.25) is 5.02 Å². The van der Waals surface area contributed by atoms with E-state index < -0.39 is 11.4 Å². The molecule has 3 aromatic rings. The van der Waals surface area contributed by atoms with Crippen LogP contribution in [-0.4, -0.2) is 17.0 Å². The Bertz CT molecular complexity index is 1120. The molecule has 138 valence electrons. The largest absolute Gasteiger partial charge is 0.478 e. The van der Waals surface area contributed by atoms with Crippen molar-refractivity contribution in [1.29, 1.82) is 0 Å². The van der Waals surface area contributed by atoms with Gasteiger partial charge in [-0.1, -0.05) is 48.0 Å². The van der Waals surface area contributed by atoms with Crippen LogP contribution in [-0.2, 0) is 10.2 Å². The number of amides is 1. The normalized spacial score (nSPS) is 22.4. The molecule has 4 nitrogen and oxygen atoms in total. The highest BCUT2D eigenvalue weighted by Gasteiger charge is 2.67. The van der Waals surface area contributed by atoms with Crippen molar-refractivity contribution in [2.45, 2.75) is 17.8 Å². The average molecular weight is 390 g/mol. The number of hydrogen-bond donors (Lipinski definition) is 1. The number of fused-ring (bicyclic) bond motifs is 2. The van der Waals surface area contributed by atoms with E-state index in [1.54, 1.807) is 23.1 Å². The number of carbonyl (C=O) groups excluding carboxylic acids is 1. The van der Waals surface area contributed by atoms with Crippen molar-refractivity contribution < 1.29 is 14.7 Å². The van der Waals surface area contributed by atoms with Crippen LogP contribution in [0.4, 0.5) is 11.4 Å². The van der Waals surface area contributed by atoms with E-state index in [0.29, 0.717) is 10.7 Å². The third-order valence-electron chi connectivity index (χ3n) is 5.79. The van der Waals surface area contributed by atoms with Gasteiger partial charge in [0.05, 0.1) is 16.7 Å². The summed E-state index contributed by atoms with van der Waals surface area (Å²) in [6.45, 7) is 0. The summed E-state index contributed by atoms with van der Waals surface area (Å²) in [5.41, 5.74) is 3.06. The minimum atomic E-state index is -1.01. The number of halogens is 1. The minimum Gasteiger partial charge on any atom is -0.478 e. The van der Waals surface area contributed by atoms with Gasteiger partial charge in [-0.3, -0.25) is 9.69 Å². The van der Waals surface area contributed by atoms with Crippen LogP contribution in [0.3, 0.4) is 0 Å². The van der Waals surface area contributed by atoms with E-state index in [9.17, 15) is 14.7 Å². The maximum atomic E-state index is 13.6. The SMILES string of the molecule is O=C(O)c1cccc(N2C(=O)[C@@]3(C[C@H]3c3ccc(Cl)cc3)c3ccccc32)c1. The zero-order chi connectivity index (χ0) is 19.5. The molecule has 1 amide bonds. The molecule has 5 heteroatoms. The maximum Gasteiger partial charge on any atom is 0.335 e. The molecule has 1 aliphatic carbocycles. The number of anilines is 2. The molecule has 1 aliphatic heterocycles. The molecule has 0 radical (unpaired) electrons. The molecule has 0 bridgehead atoms. The van der Waals surface area contributed by atoms with Crippen molar-refractivity contribution in [3.63, 3.8) is 0 Å². The molecule has 1 heterocycles. The lowest BCUT2D eigenvalue weighted by molar-refractivity contribution is -0.119. The van der Waals surface area contributed by atoms with Gasteiger partial charge < -0.3 is 5.11 Å². The quantitative estimate of drug-likeness (QED) is 0.674. The van der Waals surface area contributed by atoms with Crippen LogP contribution in [0, 0.1) is 0 Å². The second-order valence-electron chi connectivity index (χ2n) is 7.29. The summed E-state index contributed by atoms with van der Waals surface area (Å²) in [6, 6.07) is 22.0. The summed E-state index contributed by atoms with van der Waals surface area (Å²) in [6.07, 6.45) is 0.736. The van der Waals surface area contributed by atoms with Crippen molar-refractivity contribution >= 4 is 34.9 Å². The van der Waals surface area contributed by atoms with Gasteiger partial charge in [-0.05, 0) is 53.9 Å². The second kappa shape index (κ2) is 5.94. The van der Waals surface area contributed by atoms with Crippen molar-refractivity contribution in [1.82, 2.24) is 0 Å². The highest BCUT2D eigenvalue weighted by Crippen LogP contribution is 2.67. The lowest BCUT2D eigenvalue weighted by atomic mass is 9.92. The number of rotatable bonds is 3. The topological polar surface area (TPSA) is 57.6 Å². The zero-order valence-electron chi connectivity index (χ0n) is 14.8. The van der Waals surface area contributed by atoms with E-state index in [1.807, 2.05) is 48.5 Å². The standard InChI is InChI=1S/C23H16ClNO3/c24-16-10-8-14(9-11-16)19-13-23(19)18-6-1-2-7-20(18)25(22(23)28)17-5-3-4-15(12-17)21(26)27/h1-12,19H,13H2,(H,26,27)/t19-,23-/m0/s1. The Kier molecular flexibility index (Phi) is 3.61. The summed E-state index contributed by atoms with van der Waals surface area (Å²) in [5.74, 6) is -0.927. The summed E-state index contributed by atoms with van der Waals surface area (Å²) >= 11 is 6.02. The van der Waals surface area contributed by atoms with Gasteiger partial charge >= 0.3 is 5.97 Å². The summed E-state index contributed by atoms with van der Waals surface area (Å²) < 4.78 is 0. The van der Waals surface area contributed by atoms with Crippen LogP contribution in [0.15, 0.2) is 72.8 Å². The fraction of sp³-hybridized carbons (Fsp3) is 0.130. The fourth-order valence-electron chi connectivity index (χ4n) is 4.40. The van der Waals surface area contributed by atoms with E-state index in [1.165, 1.54) is 6.07 Å². The van der Waals surface area contributed by atoms with Gasteiger partial charge in [0.25, 0.3) is 0 Å². The van der Waals surface area contributed by atoms with Gasteiger partial charge in [0.2, 0.25) is 5.91 Å². The number of benzene rings is 3. The Hall–Kier alpha value is -3.11. The van der Waals surface area contributed by atoms with Crippen LogP contribution >= 0.6 is 11.6 Å². The van der Waals surface area contributed by atoms with Crippen LogP contribution < -0.4 is 4.90 Å². The van der Waals surface area contributed by atoms with Crippen molar-refractivity contribution in [2.24, 2.45) is 0 Å². The van der Waals surface area contributed by atoms with Gasteiger partial charge in [-0.25, -0.2) is 4.79 Å². The number of carboxylic acid groups (broad SMARTS) is 1. The van der Waals surface area contributed by atoms with E-state index in [-0.39, 0.29) is 17.4 Å². The number of para-hydroxylation sites is 1. The van der Waals surface area contributed by atoms with E-state index >= 15 is 0 Å². The molecule has 1 fully saturated rings. The third kappa shape index (κ3) is 2.31. The molecular weight excluding hydrogens is 374 g/mol. The van der Waals surface area contributed by atoms with Crippen molar-refractivity contribution in [3.05, 3.63) is 94.5 Å². The Morgan fingerprint density at radius 2 is 1.79 bits per heavy atom. The number of carboxylic acids is 1. The monoisotopic (exact) mass is 389 g/mol. The Labute approximate surface area is 167 Å². The summed E-state index contributed by atoms with van der Waals surface area (Å²) in [7, 11) is 0. The first-order chi connectivity index (χ1) is 13.5. The van der Waals surface area contributed by atoms with Gasteiger partial charge in [0, 0.05) is 16.6 Å². The molecule has 2 aliphatic rings. The minimum absolute atomic E-state index is 0.00353. The predicted molar refractivity (Wildman–Crippen MR) is 107 cm³/mol. The molecule has 28 heavy (non-hydrogen) atoms. The van der Waals surface area contributed by atoms with E-state index in [0.717, 1.165) is 23.2 Å². The first kappa shape index (κ1) is 17.0. The number of hydrogen-bond acceptors (Lipinski definition) is 2. The van der Waals surface area contributed by atoms with Gasteiger partial charge in [0.15, 0.2) is 0 Å². The van der Waals surface area contributed by atoms with Crippen molar-refractivity contribution in [3.8, 4) is 0 Å².